The van der Waals surface area contributed by atoms with Crippen LogP contribution in [0.4, 0.5) is 5.69 Å². The second-order valence-electron chi connectivity index (χ2n) is 3.37. The molecule has 0 aromatic heterocycles. The summed E-state index contributed by atoms with van der Waals surface area (Å²) >= 11 is 0. The van der Waals surface area contributed by atoms with Crippen LogP contribution in [0.5, 0.6) is 0 Å². The van der Waals surface area contributed by atoms with Gasteiger partial charge in [-0.05, 0) is 19.1 Å². The maximum absolute atomic E-state index is 10.7. The maximum atomic E-state index is 10.7. The summed E-state index contributed by atoms with van der Waals surface area (Å²) in [7, 11) is 0. The molecule has 0 amide bonds. The fourth-order valence-electron chi connectivity index (χ4n) is 1.42. The van der Waals surface area contributed by atoms with Gasteiger partial charge in [0.05, 0.1) is 0 Å². The van der Waals surface area contributed by atoms with Crippen LogP contribution >= 0.6 is 0 Å². The molecule has 0 saturated carbocycles. The lowest BCUT2D eigenvalue weighted by molar-refractivity contribution is -0.135. The summed E-state index contributed by atoms with van der Waals surface area (Å²) in [6, 6.07) is 7.00. The Kier molecular flexibility index (Phi) is 3.88. The van der Waals surface area contributed by atoms with Crippen molar-refractivity contribution in [3.63, 3.8) is 0 Å². The van der Waals surface area contributed by atoms with Crippen LogP contribution in [0.1, 0.15) is 12.5 Å². The number of nitrogen functional groups attached to an aromatic ring is 1. The molecule has 5 nitrogen and oxygen atoms in total. The van der Waals surface area contributed by atoms with Crippen molar-refractivity contribution < 1.29 is 9.90 Å². The summed E-state index contributed by atoms with van der Waals surface area (Å²) in [5.41, 5.74) is 6.73. The van der Waals surface area contributed by atoms with Gasteiger partial charge in [0, 0.05) is 17.8 Å². The van der Waals surface area contributed by atoms with Gasteiger partial charge in [-0.25, -0.2) is 0 Å². The van der Waals surface area contributed by atoms with E-state index in [9.17, 15) is 4.79 Å². The van der Waals surface area contributed by atoms with Gasteiger partial charge in [-0.3, -0.25) is 10.2 Å². The highest BCUT2D eigenvalue weighted by molar-refractivity contribution is 5.95. The van der Waals surface area contributed by atoms with E-state index < -0.39 is 5.97 Å². The van der Waals surface area contributed by atoms with E-state index in [1.165, 1.54) is 0 Å². The first-order chi connectivity index (χ1) is 7.54. The molecule has 0 radical (unpaired) electrons. The van der Waals surface area contributed by atoms with Crippen molar-refractivity contribution in [1.82, 2.24) is 0 Å². The number of aliphatic carboxylic acids is 1. The van der Waals surface area contributed by atoms with Gasteiger partial charge in [-0.2, -0.15) is 0 Å². The molecule has 4 N–H and O–H groups in total. The first-order valence-electron chi connectivity index (χ1n) is 4.95. The van der Waals surface area contributed by atoms with Crippen molar-refractivity contribution in [3.05, 3.63) is 29.8 Å². The van der Waals surface area contributed by atoms with Crippen LogP contribution in [-0.4, -0.2) is 30.0 Å². The normalized spacial score (nSPS) is 9.81. The Morgan fingerprint density at radius 2 is 2.25 bits per heavy atom. The fraction of sp³-hybridized carbons (Fsp3) is 0.273. The summed E-state index contributed by atoms with van der Waals surface area (Å²) in [5.74, 6) is -0.900. The molecular formula is C11H15N3O2. The highest BCUT2D eigenvalue weighted by Gasteiger charge is 2.09. The number of nitrogens with two attached hydrogens (primary N) is 1. The number of hydrogen-bond acceptors (Lipinski definition) is 3. The SMILES string of the molecule is CCN(CC(=O)O)c1cccc(C(=N)N)c1. The van der Waals surface area contributed by atoms with Gasteiger partial charge in [0.1, 0.15) is 12.4 Å². The van der Waals surface area contributed by atoms with Crippen LogP contribution in [-0.2, 0) is 4.79 Å². The van der Waals surface area contributed by atoms with Crippen LogP contribution in [0.3, 0.4) is 0 Å². The van der Waals surface area contributed by atoms with Crippen LogP contribution in [0.15, 0.2) is 24.3 Å². The second kappa shape index (κ2) is 5.16. The van der Waals surface area contributed by atoms with Crippen molar-refractivity contribution in [2.24, 2.45) is 5.73 Å². The number of benzene rings is 1. The molecule has 1 aromatic carbocycles. The maximum Gasteiger partial charge on any atom is 0.323 e. The molecule has 1 aromatic rings. The number of nitrogens with zero attached hydrogens (tertiary/aromatic N) is 1. The van der Waals surface area contributed by atoms with Gasteiger partial charge in [0.15, 0.2) is 0 Å². The summed E-state index contributed by atoms with van der Waals surface area (Å²) in [4.78, 5) is 12.4. The molecule has 0 aliphatic rings. The van der Waals surface area contributed by atoms with E-state index in [4.69, 9.17) is 16.2 Å². The third-order valence-corrected chi connectivity index (χ3v) is 2.23. The molecule has 0 aliphatic carbocycles. The van der Waals surface area contributed by atoms with Crippen LogP contribution in [0.2, 0.25) is 0 Å². The van der Waals surface area contributed by atoms with E-state index in [-0.39, 0.29) is 12.4 Å². The Morgan fingerprint density at radius 1 is 1.56 bits per heavy atom. The zero-order valence-electron chi connectivity index (χ0n) is 9.10. The lowest BCUT2D eigenvalue weighted by atomic mass is 10.1. The van der Waals surface area contributed by atoms with Crippen molar-refractivity contribution in [2.45, 2.75) is 6.92 Å². The molecule has 0 fully saturated rings. The highest BCUT2D eigenvalue weighted by atomic mass is 16.4. The number of anilines is 1. The average Bonchev–Trinajstić information content (AvgIpc) is 2.25. The summed E-state index contributed by atoms with van der Waals surface area (Å²) in [5, 5.41) is 16.1. The minimum atomic E-state index is -0.880. The highest BCUT2D eigenvalue weighted by Crippen LogP contribution is 2.15. The lowest BCUT2D eigenvalue weighted by Crippen LogP contribution is -2.29. The molecule has 0 heterocycles. The topological polar surface area (TPSA) is 90.4 Å². The predicted molar refractivity (Wildman–Crippen MR) is 63.0 cm³/mol. The van der Waals surface area contributed by atoms with Gasteiger partial charge in [0.25, 0.3) is 0 Å². The predicted octanol–water partition coefficient (Wildman–Crippen LogP) is 0.882. The third-order valence-electron chi connectivity index (χ3n) is 2.23. The number of likely N-dealkylation sites (N-methyl/N-ethyl adjacent to an activating group) is 1. The van der Waals surface area contributed by atoms with Crippen LogP contribution in [0, 0.1) is 5.41 Å². The molecule has 0 bridgehead atoms. The average molecular weight is 221 g/mol. The fourth-order valence-corrected chi connectivity index (χ4v) is 1.42. The smallest absolute Gasteiger partial charge is 0.323 e. The minimum Gasteiger partial charge on any atom is -0.480 e. The number of rotatable bonds is 5. The van der Waals surface area contributed by atoms with Crippen molar-refractivity contribution in [2.75, 3.05) is 18.0 Å². The molecule has 0 aliphatic heterocycles. The largest absolute Gasteiger partial charge is 0.480 e. The standard InChI is InChI=1S/C11H15N3O2/c1-2-14(7-10(15)16)9-5-3-4-8(6-9)11(12)13/h3-6H,2,7H2,1H3,(H3,12,13)(H,15,16). The molecule has 0 saturated heterocycles. The number of carboxylic acids is 1. The van der Waals surface area contributed by atoms with Gasteiger partial charge in [0.2, 0.25) is 0 Å². The van der Waals surface area contributed by atoms with Gasteiger partial charge >= 0.3 is 5.97 Å². The monoisotopic (exact) mass is 221 g/mol. The van der Waals surface area contributed by atoms with Crippen molar-refractivity contribution in [1.29, 1.82) is 5.41 Å². The lowest BCUT2D eigenvalue weighted by Gasteiger charge is -2.21. The molecule has 0 atom stereocenters. The van der Waals surface area contributed by atoms with Gasteiger partial charge in [-0.1, -0.05) is 12.1 Å². The van der Waals surface area contributed by atoms with Crippen LogP contribution in [0.25, 0.3) is 0 Å². The van der Waals surface area contributed by atoms with E-state index in [2.05, 4.69) is 0 Å². The van der Waals surface area contributed by atoms with E-state index in [0.717, 1.165) is 5.69 Å². The molecule has 16 heavy (non-hydrogen) atoms. The molecule has 86 valence electrons. The molecule has 0 unspecified atom stereocenters. The second-order valence-corrected chi connectivity index (χ2v) is 3.37. The summed E-state index contributed by atoms with van der Waals surface area (Å²) in [6.07, 6.45) is 0. The van der Waals surface area contributed by atoms with Crippen molar-refractivity contribution in [3.8, 4) is 0 Å². The number of amidine groups is 1. The Balaban J connectivity index is 2.96. The van der Waals surface area contributed by atoms with Gasteiger partial charge in [-0.15, -0.1) is 0 Å². The Morgan fingerprint density at radius 3 is 2.75 bits per heavy atom. The Bertz CT molecular complexity index is 404. The van der Waals surface area contributed by atoms with E-state index in [1.807, 2.05) is 6.92 Å². The van der Waals surface area contributed by atoms with E-state index in [0.29, 0.717) is 12.1 Å². The van der Waals surface area contributed by atoms with E-state index >= 15 is 0 Å². The first-order valence-corrected chi connectivity index (χ1v) is 4.95. The Hall–Kier alpha value is -2.04. The summed E-state index contributed by atoms with van der Waals surface area (Å²) in [6.45, 7) is 2.41. The first kappa shape index (κ1) is 12.0. The van der Waals surface area contributed by atoms with Crippen LogP contribution < -0.4 is 10.6 Å². The zero-order chi connectivity index (χ0) is 12.1. The van der Waals surface area contributed by atoms with E-state index in [1.54, 1.807) is 29.2 Å². The number of carboxylic acid groups (broad SMARTS) is 1. The number of carbonyl (C=O) groups is 1. The summed E-state index contributed by atoms with van der Waals surface area (Å²) < 4.78 is 0. The molecule has 1 rings (SSSR count). The quantitative estimate of drug-likeness (QED) is 0.508. The molecule has 5 heteroatoms. The molecular weight excluding hydrogens is 206 g/mol. The third kappa shape index (κ3) is 2.98. The minimum absolute atomic E-state index is 0.0202. The zero-order valence-corrected chi connectivity index (χ0v) is 9.10. The molecule has 0 spiro atoms. The van der Waals surface area contributed by atoms with Gasteiger partial charge < -0.3 is 15.7 Å². The number of nitrogens with one attached hydrogen (secondary N) is 1. The van der Waals surface area contributed by atoms with Crippen molar-refractivity contribution >= 4 is 17.5 Å². The number of hydrogen-bond donors (Lipinski definition) is 3. The Labute approximate surface area is 94.0 Å².